The van der Waals surface area contributed by atoms with Gasteiger partial charge in [-0.3, -0.25) is 9.48 Å². The van der Waals surface area contributed by atoms with Crippen LogP contribution in [-0.2, 0) is 25.9 Å². The van der Waals surface area contributed by atoms with E-state index >= 15 is 0 Å². The molecule has 10 heteroatoms. The summed E-state index contributed by atoms with van der Waals surface area (Å²) < 4.78 is 31.0. The van der Waals surface area contributed by atoms with Crippen molar-refractivity contribution in [3.05, 3.63) is 18.5 Å². The lowest BCUT2D eigenvalue weighted by atomic mass is 10.0. The Balaban J connectivity index is 1.68. The molecule has 162 valence electrons. The Bertz CT molecular complexity index is 823. The van der Waals surface area contributed by atoms with Gasteiger partial charge in [0.1, 0.15) is 12.1 Å². The van der Waals surface area contributed by atoms with Gasteiger partial charge in [0.05, 0.1) is 11.5 Å². The molecule has 9 nitrogen and oxygen atoms in total. The Morgan fingerprint density at radius 1 is 1.17 bits per heavy atom. The molecule has 3 rings (SSSR count). The van der Waals surface area contributed by atoms with E-state index in [2.05, 4.69) is 5.10 Å². The van der Waals surface area contributed by atoms with Crippen LogP contribution in [0.15, 0.2) is 18.5 Å². The molecule has 1 aromatic heterocycles. The number of piperidine rings is 1. The number of rotatable bonds is 4. The molecule has 1 aromatic rings. The largest absolute Gasteiger partial charge is 0.444 e. The number of hydrogen-bond acceptors (Lipinski definition) is 6. The second kappa shape index (κ2) is 8.33. The van der Waals surface area contributed by atoms with E-state index < -0.39 is 15.4 Å². The van der Waals surface area contributed by atoms with E-state index in [1.165, 1.54) is 0 Å². The third-order valence-electron chi connectivity index (χ3n) is 5.26. The zero-order valence-electron chi connectivity index (χ0n) is 17.3. The van der Waals surface area contributed by atoms with E-state index in [-0.39, 0.29) is 42.1 Å². The number of hydrogen-bond donors (Lipinski definition) is 0. The van der Waals surface area contributed by atoms with Crippen LogP contribution in [0.2, 0.25) is 0 Å². The van der Waals surface area contributed by atoms with E-state index in [9.17, 15) is 18.0 Å². The molecule has 0 spiro atoms. The van der Waals surface area contributed by atoms with Gasteiger partial charge in [-0.05, 0) is 46.1 Å². The van der Waals surface area contributed by atoms with E-state index in [1.807, 2.05) is 20.8 Å². The Morgan fingerprint density at radius 3 is 2.38 bits per heavy atom. The van der Waals surface area contributed by atoms with Crippen LogP contribution < -0.4 is 0 Å². The van der Waals surface area contributed by atoms with Gasteiger partial charge < -0.3 is 14.5 Å². The van der Waals surface area contributed by atoms with Crippen LogP contribution in [0, 0.1) is 0 Å². The van der Waals surface area contributed by atoms with Crippen LogP contribution in [0.1, 0.15) is 40.0 Å². The van der Waals surface area contributed by atoms with Gasteiger partial charge in [0, 0.05) is 37.6 Å². The fraction of sp³-hybridized carbons (Fsp3) is 0.737. The average molecular weight is 427 g/mol. The smallest absolute Gasteiger partial charge is 0.410 e. The minimum Gasteiger partial charge on any atom is -0.444 e. The van der Waals surface area contributed by atoms with E-state index in [0.717, 1.165) is 0 Å². The lowest BCUT2D eigenvalue weighted by Crippen LogP contribution is -2.54. The van der Waals surface area contributed by atoms with Crippen molar-refractivity contribution >= 4 is 21.8 Å². The molecule has 0 radical (unpaired) electrons. The second-order valence-corrected chi connectivity index (χ2v) is 11.0. The van der Waals surface area contributed by atoms with Crippen molar-refractivity contribution in [2.24, 2.45) is 0 Å². The van der Waals surface area contributed by atoms with Crippen molar-refractivity contribution in [2.75, 3.05) is 24.6 Å². The van der Waals surface area contributed by atoms with Crippen molar-refractivity contribution in [3.63, 3.8) is 0 Å². The van der Waals surface area contributed by atoms with Crippen LogP contribution in [-0.4, -0.2) is 82.3 Å². The Hall–Kier alpha value is -2.10. The molecule has 29 heavy (non-hydrogen) atoms. The highest BCUT2D eigenvalue weighted by Gasteiger charge is 2.40. The maximum absolute atomic E-state index is 13.1. The number of ether oxygens (including phenoxy) is 1. The average Bonchev–Trinajstić information content (AvgIpc) is 3.23. The molecule has 2 aliphatic rings. The molecule has 2 amide bonds. The molecule has 3 heterocycles. The predicted octanol–water partition coefficient (Wildman–Crippen LogP) is 1.30. The fourth-order valence-electron chi connectivity index (χ4n) is 3.97. The summed E-state index contributed by atoms with van der Waals surface area (Å²) in [6.45, 7) is 6.51. The fourth-order valence-corrected chi connectivity index (χ4v) is 5.68. The molecule has 0 unspecified atom stereocenters. The number of carbonyl (C=O) groups excluding carboxylic acids is 2. The number of amides is 2. The van der Waals surface area contributed by atoms with Gasteiger partial charge in [-0.15, -0.1) is 0 Å². The number of likely N-dealkylation sites (tertiary alicyclic amines) is 1. The first-order valence-corrected chi connectivity index (χ1v) is 11.8. The van der Waals surface area contributed by atoms with Crippen LogP contribution in [0.5, 0.6) is 0 Å². The summed E-state index contributed by atoms with van der Waals surface area (Å²) in [6, 6.07) is 1.33. The van der Waals surface area contributed by atoms with Crippen LogP contribution in [0.4, 0.5) is 4.79 Å². The first-order chi connectivity index (χ1) is 13.5. The summed E-state index contributed by atoms with van der Waals surface area (Å²) >= 11 is 0. The molecule has 0 saturated carbocycles. The van der Waals surface area contributed by atoms with Crippen LogP contribution in [0.25, 0.3) is 0 Å². The van der Waals surface area contributed by atoms with Crippen LogP contribution in [0.3, 0.4) is 0 Å². The van der Waals surface area contributed by atoms with Crippen LogP contribution >= 0.6 is 0 Å². The highest BCUT2D eigenvalue weighted by atomic mass is 32.2. The highest BCUT2D eigenvalue weighted by Crippen LogP contribution is 2.26. The number of sulfone groups is 1. The summed E-state index contributed by atoms with van der Waals surface area (Å²) in [5, 5.41) is 4.09. The van der Waals surface area contributed by atoms with E-state index in [1.54, 1.807) is 32.9 Å². The second-order valence-electron chi connectivity index (χ2n) is 8.76. The molecular formula is C19H30N4O5S. The third-order valence-corrected chi connectivity index (χ3v) is 7.01. The van der Waals surface area contributed by atoms with Gasteiger partial charge in [0.25, 0.3) is 0 Å². The molecule has 2 fully saturated rings. The molecule has 0 aliphatic carbocycles. The van der Waals surface area contributed by atoms with Gasteiger partial charge in [-0.2, -0.15) is 5.10 Å². The van der Waals surface area contributed by atoms with E-state index in [0.29, 0.717) is 32.4 Å². The van der Waals surface area contributed by atoms with Gasteiger partial charge >= 0.3 is 6.09 Å². The van der Waals surface area contributed by atoms with Crippen molar-refractivity contribution in [2.45, 2.75) is 64.3 Å². The van der Waals surface area contributed by atoms with Gasteiger partial charge in [0.2, 0.25) is 5.91 Å². The van der Waals surface area contributed by atoms with E-state index in [4.69, 9.17) is 4.74 Å². The van der Waals surface area contributed by atoms with Gasteiger partial charge in [0.15, 0.2) is 9.84 Å². The Morgan fingerprint density at radius 2 is 1.86 bits per heavy atom. The quantitative estimate of drug-likeness (QED) is 0.719. The molecule has 1 atom stereocenters. The summed E-state index contributed by atoms with van der Waals surface area (Å²) in [4.78, 5) is 28.8. The Kier molecular flexibility index (Phi) is 6.21. The molecular weight excluding hydrogens is 396 g/mol. The monoisotopic (exact) mass is 426 g/mol. The minimum atomic E-state index is -3.12. The topological polar surface area (TPSA) is 102 Å². The summed E-state index contributed by atoms with van der Waals surface area (Å²) in [5.41, 5.74) is -0.558. The number of nitrogens with zero attached hydrogens (tertiary/aromatic N) is 4. The standard InChI is InChI=1S/C19H30N4O5S/c1-19(2,3)28-18(25)21-10-5-15(6-11-21)23(16-7-12-29(26,27)14-16)17(24)13-22-9-4-8-20-22/h4,8-9,15-16H,5-7,10-14H2,1-3H3/t16-/m1/s1. The van der Waals surface area contributed by atoms with Gasteiger partial charge in [-0.25, -0.2) is 13.2 Å². The molecule has 0 aromatic carbocycles. The number of carbonyl (C=O) groups is 2. The molecule has 2 saturated heterocycles. The normalized spacial score (nSPS) is 22.4. The minimum absolute atomic E-state index is 0.00409. The van der Waals surface area contributed by atoms with Crippen molar-refractivity contribution in [1.82, 2.24) is 19.6 Å². The predicted molar refractivity (Wildman–Crippen MR) is 107 cm³/mol. The SMILES string of the molecule is CC(C)(C)OC(=O)N1CCC(N(C(=O)Cn2cccn2)[C@@H]2CCS(=O)(=O)C2)CC1. The first-order valence-electron chi connectivity index (χ1n) is 10.0. The lowest BCUT2D eigenvalue weighted by Gasteiger charge is -2.41. The summed E-state index contributed by atoms with van der Waals surface area (Å²) in [7, 11) is -3.12. The Labute approximate surface area is 171 Å². The van der Waals surface area contributed by atoms with Crippen molar-refractivity contribution in [1.29, 1.82) is 0 Å². The molecule has 2 aliphatic heterocycles. The van der Waals surface area contributed by atoms with Gasteiger partial charge in [-0.1, -0.05) is 0 Å². The zero-order chi connectivity index (χ0) is 21.2. The summed E-state index contributed by atoms with van der Waals surface area (Å²) in [6.07, 6.45) is 4.62. The van der Waals surface area contributed by atoms with Crippen molar-refractivity contribution < 1.29 is 22.7 Å². The highest BCUT2D eigenvalue weighted by molar-refractivity contribution is 7.91. The lowest BCUT2D eigenvalue weighted by molar-refractivity contribution is -0.137. The molecule has 0 bridgehead atoms. The zero-order valence-corrected chi connectivity index (χ0v) is 18.1. The third kappa shape index (κ3) is 5.71. The summed E-state index contributed by atoms with van der Waals surface area (Å²) in [5.74, 6) is -0.0177. The molecule has 0 N–H and O–H groups in total. The first kappa shape index (κ1) is 21.6. The maximum Gasteiger partial charge on any atom is 0.410 e. The van der Waals surface area contributed by atoms with Crippen molar-refractivity contribution in [3.8, 4) is 0 Å². The maximum atomic E-state index is 13.1. The number of aromatic nitrogens is 2.